The number of rotatable bonds is 7. The van der Waals surface area contributed by atoms with Crippen LogP contribution in [-0.2, 0) is 15.7 Å². The molecule has 0 saturated carbocycles. The van der Waals surface area contributed by atoms with Crippen LogP contribution in [0.1, 0.15) is 37.7 Å². The molecule has 0 aliphatic carbocycles. The van der Waals surface area contributed by atoms with Gasteiger partial charge in [-0.05, 0) is 44.2 Å². The maximum atomic E-state index is 13.0. The summed E-state index contributed by atoms with van der Waals surface area (Å²) in [5.74, 6) is 0.293. The fourth-order valence-electron chi connectivity index (χ4n) is 3.78. The lowest BCUT2D eigenvalue weighted by atomic mass is 10.1. The van der Waals surface area contributed by atoms with Crippen LogP contribution in [0, 0.1) is 0 Å². The maximum Gasteiger partial charge on any atom is 0.421 e. The maximum absolute atomic E-state index is 13.0. The Bertz CT molecular complexity index is 703. The first-order chi connectivity index (χ1) is 15.0. The van der Waals surface area contributed by atoms with Gasteiger partial charge < -0.3 is 24.4 Å². The first kappa shape index (κ1) is 23.6. The highest BCUT2D eigenvalue weighted by Gasteiger charge is 2.35. The lowest BCUT2D eigenvalue weighted by molar-refractivity contribution is -0.139. The molecule has 2 aliphatic heterocycles. The second kappa shape index (κ2) is 11.5. The normalized spacial score (nSPS) is 21.2. The molecule has 0 radical (unpaired) electrons. The summed E-state index contributed by atoms with van der Waals surface area (Å²) in [6.45, 7) is 3.44. The summed E-state index contributed by atoms with van der Waals surface area (Å²) < 4.78 is 56.0. The summed E-state index contributed by atoms with van der Waals surface area (Å²) in [4.78, 5) is 10.1. The minimum absolute atomic E-state index is 0.0417. The number of hydrogen-bond acceptors (Lipinski definition) is 5. The number of pyridine rings is 1. The van der Waals surface area contributed by atoms with Crippen LogP contribution in [0.3, 0.4) is 0 Å². The van der Waals surface area contributed by atoms with Gasteiger partial charge >= 0.3 is 6.18 Å². The number of ether oxygens (including phenoxy) is 3. The number of piperidine rings is 1. The van der Waals surface area contributed by atoms with Gasteiger partial charge in [-0.3, -0.25) is 4.99 Å². The van der Waals surface area contributed by atoms with Gasteiger partial charge in [-0.25, -0.2) is 4.98 Å². The number of hydrogen-bond donors (Lipinski definition) is 1. The van der Waals surface area contributed by atoms with Gasteiger partial charge in [0.1, 0.15) is 12.2 Å². The Morgan fingerprint density at radius 2 is 2.10 bits per heavy atom. The van der Waals surface area contributed by atoms with E-state index in [1.54, 1.807) is 7.05 Å². The van der Waals surface area contributed by atoms with Gasteiger partial charge in [0, 0.05) is 32.9 Å². The molecule has 0 spiro atoms. The molecular formula is C21H31F3N4O3. The van der Waals surface area contributed by atoms with Gasteiger partial charge in [-0.2, -0.15) is 13.2 Å². The monoisotopic (exact) mass is 444 g/mol. The molecule has 10 heteroatoms. The van der Waals surface area contributed by atoms with Crippen LogP contribution in [0.15, 0.2) is 23.3 Å². The molecule has 0 aromatic carbocycles. The number of halogens is 3. The van der Waals surface area contributed by atoms with Gasteiger partial charge in [0.05, 0.1) is 25.4 Å². The van der Waals surface area contributed by atoms with E-state index in [1.807, 2.05) is 0 Å². The molecule has 174 valence electrons. The Hall–Kier alpha value is -2.07. The minimum Gasteiger partial charge on any atom is -0.475 e. The molecule has 0 bridgehead atoms. The predicted molar refractivity (Wildman–Crippen MR) is 110 cm³/mol. The zero-order valence-corrected chi connectivity index (χ0v) is 17.9. The van der Waals surface area contributed by atoms with Crippen molar-refractivity contribution < 1.29 is 27.4 Å². The van der Waals surface area contributed by atoms with Gasteiger partial charge in [-0.15, -0.1) is 0 Å². The second-order valence-electron chi connectivity index (χ2n) is 7.68. The van der Waals surface area contributed by atoms with Crippen molar-refractivity contribution >= 4 is 5.96 Å². The fourth-order valence-corrected chi connectivity index (χ4v) is 3.78. The zero-order valence-electron chi connectivity index (χ0n) is 17.9. The molecule has 1 aromatic rings. The number of alkyl halides is 3. The van der Waals surface area contributed by atoms with Crippen molar-refractivity contribution in [3.63, 3.8) is 0 Å². The van der Waals surface area contributed by atoms with Gasteiger partial charge in [0.2, 0.25) is 5.88 Å². The summed E-state index contributed by atoms with van der Waals surface area (Å²) in [5, 5.41) is 3.15. The first-order valence-electron chi connectivity index (χ1n) is 10.8. The largest absolute Gasteiger partial charge is 0.475 e. The smallest absolute Gasteiger partial charge is 0.421 e. The Morgan fingerprint density at radius 3 is 2.77 bits per heavy atom. The summed E-state index contributed by atoms with van der Waals surface area (Å²) in [6, 6.07) is 2.20. The average Bonchev–Trinajstić information content (AvgIpc) is 2.78. The topological polar surface area (TPSA) is 68.2 Å². The van der Waals surface area contributed by atoms with E-state index in [4.69, 9.17) is 14.2 Å². The van der Waals surface area contributed by atoms with Crippen LogP contribution in [0.4, 0.5) is 13.2 Å². The highest BCUT2D eigenvalue weighted by molar-refractivity contribution is 5.79. The summed E-state index contributed by atoms with van der Waals surface area (Å²) >= 11 is 0. The minimum atomic E-state index is -4.50. The van der Waals surface area contributed by atoms with Crippen molar-refractivity contribution in [2.24, 2.45) is 4.99 Å². The molecular weight excluding hydrogens is 413 g/mol. The summed E-state index contributed by atoms with van der Waals surface area (Å²) in [7, 11) is 1.69. The Balaban J connectivity index is 1.36. The molecule has 0 amide bonds. The van der Waals surface area contributed by atoms with Crippen LogP contribution < -0.4 is 10.1 Å². The highest BCUT2D eigenvalue weighted by atomic mass is 19.4. The average molecular weight is 444 g/mol. The van der Waals surface area contributed by atoms with Crippen molar-refractivity contribution in [2.75, 3.05) is 46.5 Å². The van der Waals surface area contributed by atoms with Crippen LogP contribution >= 0.6 is 0 Å². The van der Waals surface area contributed by atoms with E-state index in [0.29, 0.717) is 19.1 Å². The number of aliphatic imine (C=N–C) groups is 1. The number of nitrogens with one attached hydrogen (secondary N) is 1. The molecule has 2 saturated heterocycles. The molecule has 1 aromatic heterocycles. The van der Waals surface area contributed by atoms with Crippen LogP contribution in [-0.4, -0.2) is 74.6 Å². The third kappa shape index (κ3) is 7.24. The van der Waals surface area contributed by atoms with Crippen molar-refractivity contribution in [3.05, 3.63) is 23.9 Å². The second-order valence-corrected chi connectivity index (χ2v) is 7.68. The zero-order chi connectivity index (χ0) is 22.1. The quantitative estimate of drug-likeness (QED) is 0.396. The van der Waals surface area contributed by atoms with Crippen molar-refractivity contribution in [1.29, 1.82) is 0 Å². The molecule has 3 heterocycles. The van der Waals surface area contributed by atoms with Gasteiger partial charge in [0.25, 0.3) is 0 Å². The fraction of sp³-hybridized carbons (Fsp3) is 0.714. The first-order valence-corrected chi connectivity index (χ1v) is 10.8. The Labute approximate surface area is 181 Å². The van der Waals surface area contributed by atoms with E-state index in [0.717, 1.165) is 51.4 Å². The summed E-state index contributed by atoms with van der Waals surface area (Å²) in [6.07, 6.45) is 2.42. The molecule has 1 unspecified atom stereocenters. The molecule has 31 heavy (non-hydrogen) atoms. The van der Waals surface area contributed by atoms with E-state index < -0.39 is 17.6 Å². The highest BCUT2D eigenvalue weighted by Crippen LogP contribution is 2.34. The third-order valence-electron chi connectivity index (χ3n) is 5.45. The number of aromatic nitrogens is 1. The lowest BCUT2D eigenvalue weighted by Gasteiger charge is -2.35. The Morgan fingerprint density at radius 1 is 1.29 bits per heavy atom. The number of nitrogens with zero attached hydrogens (tertiary/aromatic N) is 3. The van der Waals surface area contributed by atoms with Gasteiger partial charge in [0.15, 0.2) is 5.96 Å². The molecule has 2 aliphatic rings. The SMILES string of the molecule is CN=C(NCCOc1ncccc1C(F)(F)F)N1CCC(OCC2CCCCO2)CC1. The van der Waals surface area contributed by atoms with Crippen molar-refractivity contribution in [3.8, 4) is 5.88 Å². The van der Waals surface area contributed by atoms with E-state index in [2.05, 4.69) is 20.2 Å². The van der Waals surface area contributed by atoms with Gasteiger partial charge in [-0.1, -0.05) is 0 Å². The Kier molecular flexibility index (Phi) is 8.77. The van der Waals surface area contributed by atoms with Crippen LogP contribution in [0.5, 0.6) is 5.88 Å². The predicted octanol–water partition coefficient (Wildman–Crippen LogP) is 3.10. The molecule has 1 N–H and O–H groups in total. The van der Waals surface area contributed by atoms with Crippen molar-refractivity contribution in [1.82, 2.24) is 15.2 Å². The van der Waals surface area contributed by atoms with Crippen LogP contribution in [0.25, 0.3) is 0 Å². The standard InChI is InChI=1S/C21H31F3N4O3/c1-25-20(27-10-14-30-19-18(21(22,23)24)6-4-9-26-19)28-11-7-16(8-12-28)31-15-17-5-2-3-13-29-17/h4,6,9,16-17H,2-3,5,7-8,10-15H2,1H3,(H,25,27). The number of likely N-dealkylation sites (tertiary alicyclic amines) is 1. The molecule has 2 fully saturated rings. The summed E-state index contributed by atoms with van der Waals surface area (Å²) in [5.41, 5.74) is -0.875. The lowest BCUT2D eigenvalue weighted by Crippen LogP contribution is -2.48. The van der Waals surface area contributed by atoms with E-state index in [1.165, 1.54) is 18.7 Å². The third-order valence-corrected chi connectivity index (χ3v) is 5.45. The van der Waals surface area contributed by atoms with E-state index in [9.17, 15) is 13.2 Å². The molecule has 1 atom stereocenters. The number of guanidine groups is 1. The van der Waals surface area contributed by atoms with E-state index >= 15 is 0 Å². The van der Waals surface area contributed by atoms with Crippen LogP contribution in [0.2, 0.25) is 0 Å². The molecule has 7 nitrogen and oxygen atoms in total. The molecule has 3 rings (SSSR count). The van der Waals surface area contributed by atoms with Crippen molar-refractivity contribution in [2.45, 2.75) is 50.5 Å². The van der Waals surface area contributed by atoms with E-state index in [-0.39, 0.29) is 18.8 Å².